The van der Waals surface area contributed by atoms with Gasteiger partial charge in [0, 0.05) is 12.6 Å². The minimum Gasteiger partial charge on any atom is -0.489 e. The van der Waals surface area contributed by atoms with Gasteiger partial charge in [0.15, 0.2) is 11.6 Å². The molecule has 0 aliphatic carbocycles. The number of halogens is 2. The third-order valence-electron chi connectivity index (χ3n) is 1.73. The van der Waals surface area contributed by atoms with Crippen LogP contribution in [-0.2, 0) is 0 Å². The van der Waals surface area contributed by atoms with Crippen molar-refractivity contribution in [3.63, 3.8) is 0 Å². The van der Waals surface area contributed by atoms with E-state index in [2.05, 4.69) is 5.32 Å². The van der Waals surface area contributed by atoms with Gasteiger partial charge in [0.1, 0.15) is 12.4 Å². The second-order valence-electron chi connectivity index (χ2n) is 2.92. The minimum atomic E-state index is -0.897. The van der Waals surface area contributed by atoms with Gasteiger partial charge < -0.3 is 10.1 Å². The lowest BCUT2D eigenvalue weighted by Crippen LogP contribution is -2.04. The Labute approximate surface area is 87.6 Å². The Kier molecular flexibility index (Phi) is 4.77. The zero-order chi connectivity index (χ0) is 11.1. The van der Waals surface area contributed by atoms with E-state index < -0.39 is 11.6 Å². The average Bonchev–Trinajstić information content (AvgIpc) is 2.23. The van der Waals surface area contributed by atoms with Crippen molar-refractivity contribution in [2.45, 2.75) is 0 Å². The van der Waals surface area contributed by atoms with E-state index in [1.165, 1.54) is 6.07 Å². The normalized spacial score (nSPS) is 10.9. The highest BCUT2D eigenvalue weighted by Gasteiger charge is 2.01. The number of hydrogen-bond acceptors (Lipinski definition) is 2. The fraction of sp³-hybridized carbons (Fsp3) is 0.273. The summed E-state index contributed by atoms with van der Waals surface area (Å²) in [5.74, 6) is -1.44. The van der Waals surface area contributed by atoms with E-state index in [1.54, 1.807) is 6.08 Å². The Morgan fingerprint density at radius 2 is 2.07 bits per heavy atom. The lowest BCUT2D eigenvalue weighted by Gasteiger charge is -2.02. The molecule has 0 aliphatic rings. The molecular weight excluding hydrogens is 200 g/mol. The van der Waals surface area contributed by atoms with E-state index in [1.807, 2.05) is 13.1 Å². The maximum absolute atomic E-state index is 12.7. The van der Waals surface area contributed by atoms with Crippen LogP contribution in [0.3, 0.4) is 0 Å². The van der Waals surface area contributed by atoms with Gasteiger partial charge in [-0.05, 0) is 19.2 Å². The minimum absolute atomic E-state index is 0.322. The van der Waals surface area contributed by atoms with Crippen molar-refractivity contribution in [3.8, 4) is 5.75 Å². The van der Waals surface area contributed by atoms with Gasteiger partial charge in [-0.3, -0.25) is 0 Å². The third kappa shape index (κ3) is 4.08. The molecule has 0 radical (unpaired) electrons. The Morgan fingerprint density at radius 1 is 1.27 bits per heavy atom. The predicted molar refractivity (Wildman–Crippen MR) is 54.9 cm³/mol. The number of nitrogens with one attached hydrogen (secondary N) is 1. The first-order chi connectivity index (χ1) is 7.24. The summed E-state index contributed by atoms with van der Waals surface area (Å²) in [6.45, 7) is 1.09. The highest BCUT2D eigenvalue weighted by atomic mass is 19.2. The molecular formula is C11H13F2NO. The fourth-order valence-electron chi connectivity index (χ4n) is 0.980. The molecule has 0 saturated heterocycles. The molecule has 4 heteroatoms. The van der Waals surface area contributed by atoms with Crippen molar-refractivity contribution in [1.29, 1.82) is 0 Å². The summed E-state index contributed by atoms with van der Waals surface area (Å²) in [5, 5.41) is 2.93. The molecule has 1 N–H and O–H groups in total. The lowest BCUT2D eigenvalue weighted by atomic mass is 10.3. The van der Waals surface area contributed by atoms with Crippen molar-refractivity contribution in [3.05, 3.63) is 42.0 Å². The van der Waals surface area contributed by atoms with Crippen molar-refractivity contribution in [1.82, 2.24) is 5.32 Å². The molecule has 0 heterocycles. The summed E-state index contributed by atoms with van der Waals surface area (Å²) in [6.07, 6.45) is 3.69. The summed E-state index contributed by atoms with van der Waals surface area (Å²) >= 11 is 0. The van der Waals surface area contributed by atoms with E-state index in [9.17, 15) is 8.78 Å². The van der Waals surface area contributed by atoms with Crippen molar-refractivity contribution < 1.29 is 13.5 Å². The molecule has 0 atom stereocenters. The molecule has 1 aromatic carbocycles. The summed E-state index contributed by atoms with van der Waals surface area (Å²) in [7, 11) is 1.83. The summed E-state index contributed by atoms with van der Waals surface area (Å²) in [4.78, 5) is 0. The van der Waals surface area contributed by atoms with E-state index in [0.29, 0.717) is 12.4 Å². The number of benzene rings is 1. The third-order valence-corrected chi connectivity index (χ3v) is 1.73. The Bertz CT molecular complexity index is 339. The van der Waals surface area contributed by atoms with E-state index in [4.69, 9.17) is 4.74 Å². The van der Waals surface area contributed by atoms with Gasteiger partial charge in [-0.2, -0.15) is 0 Å². The Balaban J connectivity index is 2.41. The molecule has 0 bridgehead atoms. The van der Waals surface area contributed by atoms with Gasteiger partial charge in [0.05, 0.1) is 0 Å². The lowest BCUT2D eigenvalue weighted by molar-refractivity contribution is 0.358. The van der Waals surface area contributed by atoms with Crippen LogP contribution in [0.2, 0.25) is 0 Å². The van der Waals surface area contributed by atoms with Crippen LogP contribution in [0.1, 0.15) is 0 Å². The molecule has 15 heavy (non-hydrogen) atoms. The van der Waals surface area contributed by atoms with E-state index in [0.717, 1.165) is 18.7 Å². The van der Waals surface area contributed by atoms with Gasteiger partial charge >= 0.3 is 0 Å². The van der Waals surface area contributed by atoms with Crippen LogP contribution in [-0.4, -0.2) is 20.2 Å². The molecule has 0 saturated carbocycles. The molecule has 0 fully saturated rings. The summed E-state index contributed by atoms with van der Waals surface area (Å²) < 4.78 is 30.4. The quantitative estimate of drug-likeness (QED) is 0.756. The molecule has 82 valence electrons. The molecule has 1 aromatic rings. The van der Waals surface area contributed by atoms with Crippen LogP contribution >= 0.6 is 0 Å². The highest BCUT2D eigenvalue weighted by molar-refractivity contribution is 5.23. The van der Waals surface area contributed by atoms with Crippen LogP contribution in [0.4, 0.5) is 8.78 Å². The van der Waals surface area contributed by atoms with Gasteiger partial charge in [0.25, 0.3) is 0 Å². The second-order valence-corrected chi connectivity index (χ2v) is 2.92. The molecule has 0 aromatic heterocycles. The van der Waals surface area contributed by atoms with Gasteiger partial charge in [-0.25, -0.2) is 8.78 Å². The zero-order valence-corrected chi connectivity index (χ0v) is 8.47. The van der Waals surface area contributed by atoms with Crippen LogP contribution in [0, 0.1) is 11.6 Å². The van der Waals surface area contributed by atoms with Gasteiger partial charge in [0.2, 0.25) is 0 Å². The SMILES string of the molecule is CNCC=CCOc1ccc(F)c(F)c1. The molecule has 1 rings (SSSR count). The number of ether oxygens (including phenoxy) is 1. The number of rotatable bonds is 5. The summed E-state index contributed by atoms with van der Waals surface area (Å²) in [6, 6.07) is 3.47. The second kappa shape index (κ2) is 6.14. The zero-order valence-electron chi connectivity index (χ0n) is 8.47. The first-order valence-corrected chi connectivity index (χ1v) is 4.61. The van der Waals surface area contributed by atoms with Crippen LogP contribution in [0.15, 0.2) is 30.4 Å². The van der Waals surface area contributed by atoms with Crippen molar-refractivity contribution in [2.24, 2.45) is 0 Å². The van der Waals surface area contributed by atoms with Gasteiger partial charge in [-0.1, -0.05) is 12.2 Å². The van der Waals surface area contributed by atoms with E-state index in [-0.39, 0.29) is 0 Å². The predicted octanol–water partition coefficient (Wildman–Crippen LogP) is 2.12. The topological polar surface area (TPSA) is 21.3 Å². The molecule has 0 unspecified atom stereocenters. The van der Waals surface area contributed by atoms with Crippen molar-refractivity contribution >= 4 is 0 Å². The Hall–Kier alpha value is -1.42. The molecule has 0 aliphatic heterocycles. The smallest absolute Gasteiger partial charge is 0.162 e. The number of likely N-dealkylation sites (N-methyl/N-ethyl adjacent to an activating group) is 1. The fourth-order valence-corrected chi connectivity index (χ4v) is 0.980. The Morgan fingerprint density at radius 3 is 2.73 bits per heavy atom. The molecule has 0 amide bonds. The molecule has 0 spiro atoms. The first kappa shape index (κ1) is 11.7. The van der Waals surface area contributed by atoms with Crippen LogP contribution in [0.5, 0.6) is 5.75 Å². The largest absolute Gasteiger partial charge is 0.489 e. The van der Waals surface area contributed by atoms with E-state index >= 15 is 0 Å². The average molecular weight is 213 g/mol. The highest BCUT2D eigenvalue weighted by Crippen LogP contribution is 2.15. The number of hydrogen-bond donors (Lipinski definition) is 1. The van der Waals surface area contributed by atoms with Crippen molar-refractivity contribution in [2.75, 3.05) is 20.2 Å². The van der Waals surface area contributed by atoms with Gasteiger partial charge in [-0.15, -0.1) is 0 Å². The monoisotopic (exact) mass is 213 g/mol. The first-order valence-electron chi connectivity index (χ1n) is 4.61. The maximum Gasteiger partial charge on any atom is 0.162 e. The molecule has 2 nitrogen and oxygen atoms in total. The standard InChI is InChI=1S/C11H13F2NO/c1-14-6-2-3-7-15-9-4-5-10(12)11(13)8-9/h2-5,8,14H,6-7H2,1H3. The van der Waals surface area contributed by atoms with Crippen LogP contribution < -0.4 is 10.1 Å². The van der Waals surface area contributed by atoms with Crippen LogP contribution in [0.25, 0.3) is 0 Å². The maximum atomic E-state index is 12.7. The summed E-state index contributed by atoms with van der Waals surface area (Å²) in [5.41, 5.74) is 0.